The largest absolute Gasteiger partial charge is 0.455 e. The van der Waals surface area contributed by atoms with Gasteiger partial charge in [0.15, 0.2) is 5.60 Å². The van der Waals surface area contributed by atoms with Crippen LogP contribution in [0, 0.1) is 10.8 Å². The highest BCUT2D eigenvalue weighted by molar-refractivity contribution is 14.1. The number of carbonyl (C=O) groups is 1. The third-order valence-corrected chi connectivity index (χ3v) is 10.0. The van der Waals surface area contributed by atoms with Gasteiger partial charge in [0, 0.05) is 17.4 Å². The minimum Gasteiger partial charge on any atom is -0.455 e. The monoisotopic (exact) mass is 470 g/mol. The molecule has 4 rings (SSSR count). The summed E-state index contributed by atoms with van der Waals surface area (Å²) in [7, 11) is 1.66. The van der Waals surface area contributed by atoms with Gasteiger partial charge in [-0.05, 0) is 58.1 Å². The number of benzene rings is 1. The van der Waals surface area contributed by atoms with E-state index in [0.717, 1.165) is 17.7 Å². The van der Waals surface area contributed by atoms with Gasteiger partial charge >= 0.3 is 5.97 Å². The number of allylic oxidation sites excluding steroid dienone is 1. The Balaban J connectivity index is 1.95. The fraction of sp³-hybridized carbons (Fsp3) is 0.550. The van der Waals surface area contributed by atoms with Crippen LogP contribution in [0.4, 0.5) is 0 Å². The van der Waals surface area contributed by atoms with E-state index in [4.69, 9.17) is 9.47 Å². The van der Waals surface area contributed by atoms with Gasteiger partial charge in [-0.25, -0.2) is 4.79 Å². The average molecular weight is 470 g/mol. The molecule has 1 aromatic rings. The Morgan fingerprint density at radius 3 is 2.56 bits per heavy atom. The lowest BCUT2D eigenvalue weighted by atomic mass is 9.62. The number of ether oxygens (including phenoxy) is 2. The molecule has 1 aliphatic heterocycles. The number of methoxy groups -OCH3 is 1. The van der Waals surface area contributed by atoms with Gasteiger partial charge < -0.3 is 9.47 Å². The molecular weight excluding hydrogens is 447 g/mol. The van der Waals surface area contributed by atoms with Crippen molar-refractivity contribution in [2.24, 2.45) is 10.8 Å². The van der Waals surface area contributed by atoms with Gasteiger partial charge in [0.2, 0.25) is 0 Å². The number of hydrogen-bond acceptors (Lipinski definition) is 4. The fourth-order valence-electron chi connectivity index (χ4n) is 5.56. The van der Waals surface area contributed by atoms with Crippen LogP contribution in [0.3, 0.4) is 0 Å². The lowest BCUT2D eigenvalue weighted by Gasteiger charge is -2.51. The van der Waals surface area contributed by atoms with Crippen LogP contribution in [0.5, 0.6) is 0 Å². The van der Waals surface area contributed by atoms with Crippen LogP contribution in [-0.4, -0.2) is 29.5 Å². The first-order valence-electron chi connectivity index (χ1n) is 8.64. The lowest BCUT2D eigenvalue weighted by Crippen LogP contribution is -2.58. The first kappa shape index (κ1) is 17.9. The maximum atomic E-state index is 13.1. The summed E-state index contributed by atoms with van der Waals surface area (Å²) in [6.45, 7) is 6.57. The van der Waals surface area contributed by atoms with Gasteiger partial charge in [-0.15, -0.1) is 11.8 Å². The third-order valence-electron chi connectivity index (χ3n) is 6.88. The highest BCUT2D eigenvalue weighted by Gasteiger charge is 2.88. The number of thioether (sulfide) groups is 1. The summed E-state index contributed by atoms with van der Waals surface area (Å²) in [4.78, 5) is 14.3. The summed E-state index contributed by atoms with van der Waals surface area (Å²) in [6, 6.07) is 10.3. The summed E-state index contributed by atoms with van der Waals surface area (Å²) < 4.78 is 13.5. The zero-order valence-corrected chi connectivity index (χ0v) is 17.9. The van der Waals surface area contributed by atoms with E-state index in [1.807, 2.05) is 18.2 Å². The molecule has 4 atom stereocenters. The highest BCUT2D eigenvalue weighted by Crippen LogP contribution is 2.77. The number of esters is 1. The van der Waals surface area contributed by atoms with E-state index in [9.17, 15) is 4.79 Å². The molecule has 0 unspecified atom stereocenters. The zero-order valence-electron chi connectivity index (χ0n) is 15.0. The third kappa shape index (κ3) is 1.80. The van der Waals surface area contributed by atoms with Crippen molar-refractivity contribution in [2.45, 2.75) is 55.0 Å². The van der Waals surface area contributed by atoms with Crippen LogP contribution in [0.25, 0.3) is 0 Å². The predicted molar refractivity (Wildman–Crippen MR) is 108 cm³/mol. The van der Waals surface area contributed by atoms with Crippen molar-refractivity contribution >= 4 is 40.3 Å². The molecule has 3 aliphatic rings. The van der Waals surface area contributed by atoms with Crippen molar-refractivity contribution in [1.29, 1.82) is 0 Å². The van der Waals surface area contributed by atoms with Crippen molar-refractivity contribution < 1.29 is 14.3 Å². The van der Waals surface area contributed by atoms with Crippen molar-refractivity contribution in [2.75, 3.05) is 7.11 Å². The summed E-state index contributed by atoms with van der Waals surface area (Å²) in [5.41, 5.74) is -2.14. The molecule has 1 heterocycles. The number of carbonyl (C=O) groups excluding carboxylic acids is 1. The minimum atomic E-state index is -0.948. The molecule has 5 heteroatoms. The molecule has 0 N–H and O–H groups in total. The van der Waals surface area contributed by atoms with E-state index in [0.29, 0.717) is 0 Å². The first-order chi connectivity index (χ1) is 11.8. The second kappa shape index (κ2) is 5.49. The molecular formula is C20H23IO3S. The predicted octanol–water partition coefficient (Wildman–Crippen LogP) is 4.99. The Labute approximate surface area is 167 Å². The topological polar surface area (TPSA) is 35.5 Å². The van der Waals surface area contributed by atoms with Gasteiger partial charge in [-0.1, -0.05) is 38.1 Å². The Bertz CT molecular complexity index is 761. The van der Waals surface area contributed by atoms with E-state index < -0.39 is 16.6 Å². The molecule has 1 spiro atoms. The number of rotatable bonds is 3. The van der Waals surface area contributed by atoms with Gasteiger partial charge in [0.25, 0.3) is 0 Å². The van der Waals surface area contributed by atoms with Crippen LogP contribution in [0.1, 0.15) is 33.6 Å². The van der Waals surface area contributed by atoms with Crippen LogP contribution in [0.2, 0.25) is 0 Å². The molecule has 0 radical (unpaired) electrons. The number of hydrogen-bond donors (Lipinski definition) is 0. The van der Waals surface area contributed by atoms with Crippen LogP contribution < -0.4 is 0 Å². The Morgan fingerprint density at radius 2 is 1.92 bits per heavy atom. The second-order valence-electron chi connectivity index (χ2n) is 7.89. The molecule has 0 amide bonds. The van der Waals surface area contributed by atoms with Gasteiger partial charge in [-0.2, -0.15) is 0 Å². The summed E-state index contributed by atoms with van der Waals surface area (Å²) >= 11 is 4.21. The zero-order chi connectivity index (χ0) is 18.1. The molecule has 2 fully saturated rings. The Morgan fingerprint density at radius 1 is 1.24 bits per heavy atom. The van der Waals surface area contributed by atoms with E-state index in [2.05, 4.69) is 61.6 Å². The molecule has 3 nitrogen and oxygen atoms in total. The van der Waals surface area contributed by atoms with Crippen LogP contribution in [0.15, 0.2) is 44.9 Å². The van der Waals surface area contributed by atoms with Crippen LogP contribution in [-0.2, 0) is 14.3 Å². The lowest BCUT2D eigenvalue weighted by molar-refractivity contribution is -0.180. The number of halogens is 1. The SMILES string of the molecule is CO[C@@]12C(=O)O[C@]3(CCC=C(I)[C@@]3(C)[C@@H]1Sc1ccccc1)C2(C)C. The summed E-state index contributed by atoms with van der Waals surface area (Å²) in [6.07, 6.45) is 4.09. The maximum Gasteiger partial charge on any atom is 0.340 e. The van der Waals surface area contributed by atoms with Crippen molar-refractivity contribution in [1.82, 2.24) is 0 Å². The first-order valence-corrected chi connectivity index (χ1v) is 10.6. The van der Waals surface area contributed by atoms with Crippen LogP contribution >= 0.6 is 34.4 Å². The van der Waals surface area contributed by atoms with Gasteiger partial charge in [-0.3, -0.25) is 0 Å². The molecule has 134 valence electrons. The maximum absolute atomic E-state index is 13.1. The van der Waals surface area contributed by atoms with E-state index in [1.54, 1.807) is 18.9 Å². The standard InChI is InChI=1S/C20H23IO3S/c1-17(2)19-12-8-11-14(21)18(19,3)15(20(17,23-4)16(22)24-19)25-13-9-6-5-7-10-13/h5-7,9-11,15H,8,12H2,1-4H3/t15-,18-,19+,20+/m0/s1. The van der Waals surface area contributed by atoms with Gasteiger partial charge in [0.05, 0.1) is 10.7 Å². The van der Waals surface area contributed by atoms with Gasteiger partial charge in [0.1, 0.15) is 5.60 Å². The molecule has 1 saturated carbocycles. The average Bonchev–Trinajstić information content (AvgIpc) is 2.83. The molecule has 0 aromatic heterocycles. The van der Waals surface area contributed by atoms with E-state index >= 15 is 0 Å². The molecule has 2 aliphatic carbocycles. The highest BCUT2D eigenvalue weighted by atomic mass is 127. The number of fused-ring (bicyclic) bond motifs is 1. The molecule has 2 bridgehead atoms. The van der Waals surface area contributed by atoms with Crippen molar-refractivity contribution in [3.8, 4) is 0 Å². The minimum absolute atomic E-state index is 0.0351. The van der Waals surface area contributed by atoms with Crippen molar-refractivity contribution in [3.63, 3.8) is 0 Å². The summed E-state index contributed by atoms with van der Waals surface area (Å²) in [5, 5.41) is -0.0351. The quantitative estimate of drug-likeness (QED) is 0.461. The van der Waals surface area contributed by atoms with E-state index in [1.165, 1.54) is 3.58 Å². The van der Waals surface area contributed by atoms with Crippen molar-refractivity contribution in [3.05, 3.63) is 40.0 Å². The normalized spacial score (nSPS) is 41.2. The molecule has 25 heavy (non-hydrogen) atoms. The van der Waals surface area contributed by atoms with E-state index in [-0.39, 0.29) is 16.6 Å². The molecule has 1 aromatic carbocycles. The Hall–Kier alpha value is -0.530. The molecule has 1 saturated heterocycles. The second-order valence-corrected chi connectivity index (χ2v) is 10.2. The smallest absolute Gasteiger partial charge is 0.340 e. The summed E-state index contributed by atoms with van der Waals surface area (Å²) in [5.74, 6) is -0.197. The fourth-order valence-corrected chi connectivity index (χ4v) is 8.62. The Kier molecular flexibility index (Phi) is 3.92.